The van der Waals surface area contributed by atoms with Crippen LogP contribution in [-0.2, 0) is 6.42 Å². The minimum atomic E-state index is 0.543. The van der Waals surface area contributed by atoms with Gasteiger partial charge in [0.2, 0.25) is 0 Å². The first-order valence-corrected chi connectivity index (χ1v) is 7.33. The van der Waals surface area contributed by atoms with E-state index in [-0.39, 0.29) is 0 Å². The van der Waals surface area contributed by atoms with Gasteiger partial charge in [-0.15, -0.1) is 0 Å². The molecule has 4 aromatic heterocycles. The number of aromatic amines is 1. The largest absolute Gasteiger partial charge is 0.345 e. The number of hydrogen-bond donors (Lipinski definition) is 1. The molecule has 1 N–H and O–H groups in total. The molecule has 6 heteroatoms. The summed E-state index contributed by atoms with van der Waals surface area (Å²) in [6.45, 7) is 4.34. The van der Waals surface area contributed by atoms with Crippen molar-refractivity contribution in [1.82, 2.24) is 29.5 Å². The van der Waals surface area contributed by atoms with E-state index in [0.717, 1.165) is 40.1 Å². The predicted molar refractivity (Wildman–Crippen MR) is 84.4 cm³/mol. The van der Waals surface area contributed by atoms with Crippen molar-refractivity contribution in [2.75, 3.05) is 0 Å². The van der Waals surface area contributed by atoms with E-state index in [1.54, 1.807) is 10.8 Å². The van der Waals surface area contributed by atoms with Crippen molar-refractivity contribution in [2.24, 2.45) is 5.92 Å². The molecular weight excluding hydrogens is 276 g/mol. The van der Waals surface area contributed by atoms with Gasteiger partial charge in [0.05, 0.1) is 0 Å². The highest BCUT2D eigenvalue weighted by molar-refractivity contribution is 5.92. The highest BCUT2D eigenvalue weighted by atomic mass is 15.3. The Morgan fingerprint density at radius 2 is 2.14 bits per heavy atom. The lowest BCUT2D eigenvalue weighted by molar-refractivity contribution is 0.622. The van der Waals surface area contributed by atoms with Gasteiger partial charge in [0, 0.05) is 41.5 Å². The van der Waals surface area contributed by atoms with Gasteiger partial charge in [-0.1, -0.05) is 13.8 Å². The van der Waals surface area contributed by atoms with E-state index in [0.29, 0.717) is 5.92 Å². The molecule has 0 aliphatic heterocycles. The Kier molecular flexibility index (Phi) is 2.89. The lowest BCUT2D eigenvalue weighted by Crippen LogP contribution is -2.00. The van der Waals surface area contributed by atoms with Gasteiger partial charge in [0.25, 0.3) is 0 Å². The third-order valence-electron chi connectivity index (χ3n) is 3.66. The van der Waals surface area contributed by atoms with Crippen LogP contribution in [0.4, 0.5) is 0 Å². The molecule has 0 atom stereocenters. The summed E-state index contributed by atoms with van der Waals surface area (Å²) in [7, 11) is 0. The Morgan fingerprint density at radius 3 is 3.00 bits per heavy atom. The zero-order chi connectivity index (χ0) is 15.1. The summed E-state index contributed by atoms with van der Waals surface area (Å²) < 4.78 is 1.77. The highest BCUT2D eigenvalue weighted by Crippen LogP contribution is 2.27. The molecule has 0 fully saturated rings. The molecule has 0 unspecified atom stereocenters. The molecular formula is C16H16N6. The molecule has 0 saturated heterocycles. The SMILES string of the molecule is CC(C)Cc1ncc2c(-c3ccc4ncnn4c3)c[nH]c2n1. The molecule has 0 spiro atoms. The summed E-state index contributed by atoms with van der Waals surface area (Å²) in [4.78, 5) is 16.5. The minimum Gasteiger partial charge on any atom is -0.345 e. The molecule has 4 heterocycles. The second-order valence-corrected chi connectivity index (χ2v) is 5.83. The van der Waals surface area contributed by atoms with Gasteiger partial charge >= 0.3 is 0 Å². The van der Waals surface area contributed by atoms with E-state index in [9.17, 15) is 0 Å². The molecule has 0 bridgehead atoms. The van der Waals surface area contributed by atoms with Gasteiger partial charge in [-0.2, -0.15) is 5.10 Å². The fourth-order valence-corrected chi connectivity index (χ4v) is 2.62. The zero-order valence-electron chi connectivity index (χ0n) is 12.5. The third-order valence-corrected chi connectivity index (χ3v) is 3.66. The second-order valence-electron chi connectivity index (χ2n) is 5.83. The van der Waals surface area contributed by atoms with E-state index in [1.807, 2.05) is 30.7 Å². The Balaban J connectivity index is 1.81. The van der Waals surface area contributed by atoms with Gasteiger partial charge in [0.1, 0.15) is 17.8 Å². The normalized spacial score (nSPS) is 11.8. The van der Waals surface area contributed by atoms with Crippen molar-refractivity contribution in [3.63, 3.8) is 0 Å². The van der Waals surface area contributed by atoms with Crippen molar-refractivity contribution in [2.45, 2.75) is 20.3 Å². The van der Waals surface area contributed by atoms with Crippen LogP contribution in [0.1, 0.15) is 19.7 Å². The van der Waals surface area contributed by atoms with Crippen molar-refractivity contribution >= 4 is 16.7 Å². The Bertz CT molecular complexity index is 950. The summed E-state index contributed by atoms with van der Waals surface area (Å²) in [5.74, 6) is 1.42. The topological polar surface area (TPSA) is 71.8 Å². The molecule has 4 aromatic rings. The number of fused-ring (bicyclic) bond motifs is 2. The lowest BCUT2D eigenvalue weighted by atomic mass is 10.1. The standard InChI is InChI=1S/C16H16N6/c1-10(2)5-14-17-7-13-12(6-18-16(13)21-14)11-3-4-15-19-9-20-22(15)8-11/h3-4,6-10H,5H2,1-2H3,(H,17,18,21). The maximum atomic E-state index is 4.61. The van der Waals surface area contributed by atoms with E-state index in [2.05, 4.69) is 38.9 Å². The number of nitrogens with zero attached hydrogens (tertiary/aromatic N) is 5. The first-order chi connectivity index (χ1) is 10.7. The van der Waals surface area contributed by atoms with E-state index < -0.39 is 0 Å². The van der Waals surface area contributed by atoms with E-state index in [4.69, 9.17) is 0 Å². The van der Waals surface area contributed by atoms with Gasteiger partial charge in [-0.25, -0.2) is 19.5 Å². The van der Waals surface area contributed by atoms with Gasteiger partial charge in [0.15, 0.2) is 5.65 Å². The molecule has 22 heavy (non-hydrogen) atoms. The lowest BCUT2D eigenvalue weighted by Gasteiger charge is -2.03. The van der Waals surface area contributed by atoms with Crippen LogP contribution in [0.3, 0.4) is 0 Å². The molecule has 0 amide bonds. The fraction of sp³-hybridized carbons (Fsp3) is 0.250. The fourth-order valence-electron chi connectivity index (χ4n) is 2.62. The summed E-state index contributed by atoms with van der Waals surface area (Å²) in [6.07, 6.45) is 8.27. The number of hydrogen-bond acceptors (Lipinski definition) is 4. The molecule has 0 aliphatic rings. The monoisotopic (exact) mass is 292 g/mol. The summed E-state index contributed by atoms with van der Waals surface area (Å²) in [5, 5.41) is 5.20. The smallest absolute Gasteiger partial charge is 0.155 e. The van der Waals surface area contributed by atoms with Crippen LogP contribution in [-0.4, -0.2) is 29.5 Å². The van der Waals surface area contributed by atoms with Crippen LogP contribution >= 0.6 is 0 Å². The predicted octanol–water partition coefficient (Wildman–Crippen LogP) is 2.87. The molecule has 0 aliphatic carbocycles. The Hall–Kier alpha value is -2.76. The zero-order valence-corrected chi connectivity index (χ0v) is 12.5. The van der Waals surface area contributed by atoms with Crippen LogP contribution in [0, 0.1) is 5.92 Å². The Labute approximate surface area is 127 Å². The average Bonchev–Trinajstić information content (AvgIpc) is 3.11. The maximum Gasteiger partial charge on any atom is 0.155 e. The molecule has 110 valence electrons. The van der Waals surface area contributed by atoms with Gasteiger partial charge < -0.3 is 4.98 Å². The number of pyridine rings is 1. The van der Waals surface area contributed by atoms with Crippen molar-refractivity contribution in [1.29, 1.82) is 0 Å². The Morgan fingerprint density at radius 1 is 1.23 bits per heavy atom. The molecule has 0 saturated carbocycles. The number of aromatic nitrogens is 6. The molecule has 6 nitrogen and oxygen atoms in total. The first kappa shape index (κ1) is 12.9. The molecule has 0 aromatic carbocycles. The van der Waals surface area contributed by atoms with Crippen molar-refractivity contribution in [3.8, 4) is 11.1 Å². The third kappa shape index (κ3) is 2.13. The van der Waals surface area contributed by atoms with Gasteiger partial charge in [-0.3, -0.25) is 0 Å². The van der Waals surface area contributed by atoms with Gasteiger partial charge in [-0.05, 0) is 18.1 Å². The van der Waals surface area contributed by atoms with E-state index >= 15 is 0 Å². The van der Waals surface area contributed by atoms with Crippen LogP contribution in [0.25, 0.3) is 27.8 Å². The number of H-pyrrole nitrogens is 1. The summed E-state index contributed by atoms with van der Waals surface area (Å²) >= 11 is 0. The number of rotatable bonds is 3. The highest BCUT2D eigenvalue weighted by Gasteiger charge is 2.10. The summed E-state index contributed by atoms with van der Waals surface area (Å²) in [5.41, 5.74) is 3.84. The van der Waals surface area contributed by atoms with Crippen LogP contribution in [0.2, 0.25) is 0 Å². The summed E-state index contributed by atoms with van der Waals surface area (Å²) in [6, 6.07) is 3.99. The van der Waals surface area contributed by atoms with Crippen molar-refractivity contribution in [3.05, 3.63) is 42.9 Å². The van der Waals surface area contributed by atoms with Crippen LogP contribution in [0.15, 0.2) is 37.1 Å². The molecule has 0 radical (unpaired) electrons. The van der Waals surface area contributed by atoms with E-state index in [1.165, 1.54) is 0 Å². The quantitative estimate of drug-likeness (QED) is 0.630. The van der Waals surface area contributed by atoms with Crippen LogP contribution < -0.4 is 0 Å². The minimum absolute atomic E-state index is 0.543. The number of nitrogens with one attached hydrogen (secondary N) is 1. The maximum absolute atomic E-state index is 4.61. The van der Waals surface area contributed by atoms with Crippen LogP contribution in [0.5, 0.6) is 0 Å². The second kappa shape index (κ2) is 4.91. The average molecular weight is 292 g/mol. The molecule has 4 rings (SSSR count). The van der Waals surface area contributed by atoms with Crippen molar-refractivity contribution < 1.29 is 0 Å². The first-order valence-electron chi connectivity index (χ1n) is 7.33.